The van der Waals surface area contributed by atoms with Gasteiger partial charge in [-0.25, -0.2) is 0 Å². The molecule has 5 heteroatoms. The van der Waals surface area contributed by atoms with Crippen molar-refractivity contribution in [2.45, 2.75) is 52.6 Å². The van der Waals surface area contributed by atoms with Crippen LogP contribution in [0.15, 0.2) is 0 Å². The highest BCUT2D eigenvalue weighted by atomic mass is 32.1. The molecule has 1 atom stereocenters. The lowest BCUT2D eigenvalue weighted by Crippen LogP contribution is -2.36. The summed E-state index contributed by atoms with van der Waals surface area (Å²) in [5.41, 5.74) is 1.14. The van der Waals surface area contributed by atoms with Crippen molar-refractivity contribution in [3.05, 3.63) is 10.6 Å². The molecule has 98 valence electrons. The fourth-order valence-electron chi connectivity index (χ4n) is 1.61. The molecule has 0 spiro atoms. The zero-order chi connectivity index (χ0) is 12.7. The SMILES string of the molecule is CCCNCC(C)NCc1snnc1C(C)C. The van der Waals surface area contributed by atoms with E-state index >= 15 is 0 Å². The second-order valence-electron chi connectivity index (χ2n) is 4.72. The molecule has 17 heavy (non-hydrogen) atoms. The van der Waals surface area contributed by atoms with Crippen LogP contribution >= 0.6 is 11.5 Å². The van der Waals surface area contributed by atoms with Gasteiger partial charge in [-0.15, -0.1) is 5.10 Å². The van der Waals surface area contributed by atoms with E-state index in [1.54, 1.807) is 0 Å². The minimum Gasteiger partial charge on any atom is -0.315 e. The van der Waals surface area contributed by atoms with Crippen molar-refractivity contribution in [3.63, 3.8) is 0 Å². The Morgan fingerprint density at radius 2 is 2.06 bits per heavy atom. The maximum Gasteiger partial charge on any atom is 0.0826 e. The fraction of sp³-hybridized carbons (Fsp3) is 0.833. The number of hydrogen-bond donors (Lipinski definition) is 2. The Balaban J connectivity index is 2.31. The van der Waals surface area contributed by atoms with E-state index in [0.717, 1.165) is 25.3 Å². The van der Waals surface area contributed by atoms with E-state index in [1.807, 2.05) is 0 Å². The molecule has 0 aliphatic heterocycles. The van der Waals surface area contributed by atoms with Crippen LogP contribution in [0, 0.1) is 0 Å². The summed E-state index contributed by atoms with van der Waals surface area (Å²) in [6.07, 6.45) is 1.18. The molecule has 0 bridgehead atoms. The molecule has 0 saturated carbocycles. The quantitative estimate of drug-likeness (QED) is 0.700. The van der Waals surface area contributed by atoms with Gasteiger partial charge in [-0.1, -0.05) is 25.3 Å². The summed E-state index contributed by atoms with van der Waals surface area (Å²) < 4.78 is 4.03. The second kappa shape index (κ2) is 7.74. The van der Waals surface area contributed by atoms with E-state index in [-0.39, 0.29) is 0 Å². The monoisotopic (exact) mass is 256 g/mol. The minimum absolute atomic E-state index is 0.457. The van der Waals surface area contributed by atoms with Gasteiger partial charge >= 0.3 is 0 Å². The molecular weight excluding hydrogens is 232 g/mol. The molecule has 0 amide bonds. The zero-order valence-corrected chi connectivity index (χ0v) is 12.1. The van der Waals surface area contributed by atoms with Crippen LogP contribution in [0.5, 0.6) is 0 Å². The number of hydrogen-bond acceptors (Lipinski definition) is 5. The molecule has 1 aromatic heterocycles. The molecular formula is C12H24N4S. The van der Waals surface area contributed by atoms with Crippen molar-refractivity contribution in [1.29, 1.82) is 0 Å². The van der Waals surface area contributed by atoms with Crippen LogP contribution in [0.25, 0.3) is 0 Å². The smallest absolute Gasteiger partial charge is 0.0826 e. The Kier molecular flexibility index (Phi) is 6.62. The molecule has 2 N–H and O–H groups in total. The standard InChI is InChI=1S/C12H24N4S/c1-5-6-13-7-10(4)14-8-11-12(9(2)3)15-16-17-11/h9-10,13-14H,5-8H2,1-4H3. The van der Waals surface area contributed by atoms with Crippen molar-refractivity contribution in [2.24, 2.45) is 0 Å². The molecule has 1 heterocycles. The summed E-state index contributed by atoms with van der Waals surface area (Å²) in [6.45, 7) is 11.7. The summed E-state index contributed by atoms with van der Waals surface area (Å²) in [4.78, 5) is 1.27. The van der Waals surface area contributed by atoms with Gasteiger partial charge in [0.2, 0.25) is 0 Å². The Morgan fingerprint density at radius 1 is 1.29 bits per heavy atom. The Hall–Kier alpha value is -0.520. The van der Waals surface area contributed by atoms with Crippen molar-refractivity contribution in [3.8, 4) is 0 Å². The van der Waals surface area contributed by atoms with Gasteiger partial charge in [0, 0.05) is 19.1 Å². The van der Waals surface area contributed by atoms with Crippen LogP contribution in [0.1, 0.15) is 50.6 Å². The summed E-state index contributed by atoms with van der Waals surface area (Å²) >= 11 is 1.50. The molecule has 0 aliphatic carbocycles. The number of nitrogens with zero attached hydrogens (tertiary/aromatic N) is 2. The number of rotatable bonds is 8. The third-order valence-corrected chi connectivity index (χ3v) is 3.36. The van der Waals surface area contributed by atoms with E-state index in [2.05, 4.69) is 47.9 Å². The third-order valence-electron chi connectivity index (χ3n) is 2.62. The predicted molar refractivity (Wildman–Crippen MR) is 73.5 cm³/mol. The Labute approximate surface area is 108 Å². The second-order valence-corrected chi connectivity index (χ2v) is 5.56. The zero-order valence-electron chi connectivity index (χ0n) is 11.3. The largest absolute Gasteiger partial charge is 0.315 e. The van der Waals surface area contributed by atoms with Gasteiger partial charge in [0.15, 0.2) is 0 Å². The summed E-state index contributed by atoms with van der Waals surface area (Å²) in [5.74, 6) is 0.457. The van der Waals surface area contributed by atoms with E-state index < -0.39 is 0 Å². The lowest BCUT2D eigenvalue weighted by molar-refractivity contribution is 0.501. The van der Waals surface area contributed by atoms with Gasteiger partial charge < -0.3 is 10.6 Å². The normalized spacial score (nSPS) is 13.2. The van der Waals surface area contributed by atoms with Crippen LogP contribution in [-0.2, 0) is 6.54 Å². The summed E-state index contributed by atoms with van der Waals surface area (Å²) in [5, 5.41) is 11.1. The number of aromatic nitrogens is 2. The van der Waals surface area contributed by atoms with E-state index in [1.165, 1.54) is 22.8 Å². The van der Waals surface area contributed by atoms with E-state index in [4.69, 9.17) is 0 Å². The minimum atomic E-state index is 0.457. The van der Waals surface area contributed by atoms with Crippen LogP contribution in [-0.4, -0.2) is 28.7 Å². The van der Waals surface area contributed by atoms with Crippen LogP contribution in [0.3, 0.4) is 0 Å². The fourth-order valence-corrected chi connectivity index (χ4v) is 2.36. The number of nitrogens with one attached hydrogen (secondary N) is 2. The predicted octanol–water partition coefficient (Wildman–Crippen LogP) is 2.14. The highest BCUT2D eigenvalue weighted by Gasteiger charge is 2.12. The van der Waals surface area contributed by atoms with E-state index in [9.17, 15) is 0 Å². The Morgan fingerprint density at radius 3 is 2.71 bits per heavy atom. The molecule has 0 radical (unpaired) electrons. The van der Waals surface area contributed by atoms with Gasteiger partial charge in [-0.05, 0) is 37.3 Å². The maximum absolute atomic E-state index is 4.18. The summed E-state index contributed by atoms with van der Waals surface area (Å²) in [7, 11) is 0. The molecule has 0 saturated heterocycles. The molecule has 1 aromatic rings. The van der Waals surface area contributed by atoms with Gasteiger partial charge in [0.05, 0.1) is 10.6 Å². The van der Waals surface area contributed by atoms with Crippen molar-refractivity contribution < 1.29 is 0 Å². The Bertz CT molecular complexity index is 311. The molecule has 0 fully saturated rings. The third kappa shape index (κ3) is 5.10. The summed E-state index contributed by atoms with van der Waals surface area (Å²) in [6, 6.07) is 0.476. The van der Waals surface area contributed by atoms with Gasteiger partial charge in [-0.3, -0.25) is 0 Å². The van der Waals surface area contributed by atoms with Crippen molar-refractivity contribution in [2.75, 3.05) is 13.1 Å². The molecule has 1 rings (SSSR count). The average molecular weight is 256 g/mol. The van der Waals surface area contributed by atoms with Gasteiger partial charge in [0.25, 0.3) is 0 Å². The first kappa shape index (κ1) is 14.5. The lowest BCUT2D eigenvalue weighted by atomic mass is 10.1. The molecule has 0 aromatic carbocycles. The first-order valence-corrected chi connectivity index (χ1v) is 7.17. The van der Waals surface area contributed by atoms with E-state index in [0.29, 0.717) is 12.0 Å². The highest BCUT2D eigenvalue weighted by molar-refractivity contribution is 7.05. The molecule has 1 unspecified atom stereocenters. The van der Waals surface area contributed by atoms with Crippen LogP contribution in [0.2, 0.25) is 0 Å². The first-order chi connectivity index (χ1) is 8.15. The molecule has 4 nitrogen and oxygen atoms in total. The first-order valence-electron chi connectivity index (χ1n) is 6.40. The lowest BCUT2D eigenvalue weighted by Gasteiger charge is -2.14. The van der Waals surface area contributed by atoms with Crippen molar-refractivity contribution in [1.82, 2.24) is 20.2 Å². The maximum atomic E-state index is 4.18. The van der Waals surface area contributed by atoms with Crippen LogP contribution < -0.4 is 10.6 Å². The average Bonchev–Trinajstić information content (AvgIpc) is 2.75. The van der Waals surface area contributed by atoms with Gasteiger partial charge in [-0.2, -0.15) is 0 Å². The molecule has 0 aliphatic rings. The van der Waals surface area contributed by atoms with Crippen molar-refractivity contribution >= 4 is 11.5 Å². The van der Waals surface area contributed by atoms with Gasteiger partial charge in [0.1, 0.15) is 0 Å². The van der Waals surface area contributed by atoms with Crippen LogP contribution in [0.4, 0.5) is 0 Å². The highest BCUT2D eigenvalue weighted by Crippen LogP contribution is 2.19. The topological polar surface area (TPSA) is 49.8 Å².